The molecule has 4 heteroatoms. The van der Waals surface area contributed by atoms with Crippen LogP contribution in [0.2, 0.25) is 0 Å². The van der Waals surface area contributed by atoms with E-state index in [0.29, 0.717) is 18.5 Å². The normalized spacial score (nSPS) is 15.8. The summed E-state index contributed by atoms with van der Waals surface area (Å²) in [4.78, 5) is 6.49. The zero-order valence-electron chi connectivity index (χ0n) is 11.0. The fourth-order valence-electron chi connectivity index (χ4n) is 1.94. The van der Waals surface area contributed by atoms with E-state index in [9.17, 15) is 0 Å². The molecule has 2 atom stereocenters. The van der Waals surface area contributed by atoms with Crippen molar-refractivity contribution in [1.29, 1.82) is 0 Å². The van der Waals surface area contributed by atoms with Crippen LogP contribution in [0.25, 0.3) is 0 Å². The highest BCUT2D eigenvalue weighted by molar-refractivity contribution is 5.06. The first-order chi connectivity index (χ1) is 7.49. The standard InChI is InChI=1S/C12H24N4/c1-9(2)10(3)16(5)11(6-13)12-7-14-8-15(12)4/h7-11H,6,13H2,1-5H3. The molecule has 2 N–H and O–H groups in total. The van der Waals surface area contributed by atoms with E-state index in [0.717, 1.165) is 0 Å². The summed E-state index contributed by atoms with van der Waals surface area (Å²) >= 11 is 0. The minimum absolute atomic E-state index is 0.241. The molecule has 0 spiro atoms. The highest BCUT2D eigenvalue weighted by Gasteiger charge is 2.23. The molecule has 16 heavy (non-hydrogen) atoms. The van der Waals surface area contributed by atoms with Crippen molar-refractivity contribution in [2.24, 2.45) is 18.7 Å². The molecule has 0 aromatic carbocycles. The second-order valence-electron chi connectivity index (χ2n) is 4.83. The van der Waals surface area contributed by atoms with E-state index >= 15 is 0 Å². The second-order valence-corrected chi connectivity index (χ2v) is 4.83. The molecule has 0 fully saturated rings. The zero-order valence-corrected chi connectivity index (χ0v) is 11.0. The number of imidazole rings is 1. The monoisotopic (exact) mass is 224 g/mol. The summed E-state index contributed by atoms with van der Waals surface area (Å²) in [5, 5.41) is 0. The van der Waals surface area contributed by atoms with Crippen LogP contribution >= 0.6 is 0 Å². The molecule has 0 radical (unpaired) electrons. The van der Waals surface area contributed by atoms with Gasteiger partial charge in [0.1, 0.15) is 0 Å². The molecular formula is C12H24N4. The maximum atomic E-state index is 5.89. The Morgan fingerprint density at radius 1 is 1.44 bits per heavy atom. The van der Waals surface area contributed by atoms with Crippen LogP contribution in [0, 0.1) is 5.92 Å². The predicted octanol–water partition coefficient (Wildman–Crippen LogP) is 1.40. The van der Waals surface area contributed by atoms with Crippen molar-refractivity contribution in [1.82, 2.24) is 14.5 Å². The molecule has 1 aromatic heterocycles. The first kappa shape index (κ1) is 13.2. The highest BCUT2D eigenvalue weighted by Crippen LogP contribution is 2.22. The third-order valence-corrected chi connectivity index (χ3v) is 3.52. The molecule has 1 aromatic rings. The quantitative estimate of drug-likeness (QED) is 0.822. The second kappa shape index (κ2) is 5.46. The van der Waals surface area contributed by atoms with Gasteiger partial charge in [0.05, 0.1) is 18.1 Å². The lowest BCUT2D eigenvalue weighted by Gasteiger charge is -2.34. The van der Waals surface area contributed by atoms with Gasteiger partial charge in [-0.15, -0.1) is 0 Å². The van der Waals surface area contributed by atoms with E-state index in [4.69, 9.17) is 5.73 Å². The first-order valence-corrected chi connectivity index (χ1v) is 5.87. The van der Waals surface area contributed by atoms with Crippen LogP contribution in [0.1, 0.15) is 32.5 Å². The van der Waals surface area contributed by atoms with Gasteiger partial charge in [-0.2, -0.15) is 0 Å². The largest absolute Gasteiger partial charge is 0.336 e. The van der Waals surface area contributed by atoms with Gasteiger partial charge in [0.25, 0.3) is 0 Å². The first-order valence-electron chi connectivity index (χ1n) is 5.87. The van der Waals surface area contributed by atoms with Crippen LogP contribution in [-0.4, -0.2) is 34.1 Å². The Kier molecular flexibility index (Phi) is 4.50. The molecule has 2 unspecified atom stereocenters. The lowest BCUT2D eigenvalue weighted by molar-refractivity contribution is 0.147. The summed E-state index contributed by atoms with van der Waals surface area (Å²) in [5.41, 5.74) is 7.07. The summed E-state index contributed by atoms with van der Waals surface area (Å²) in [6.45, 7) is 7.33. The predicted molar refractivity (Wildman–Crippen MR) is 67.1 cm³/mol. The van der Waals surface area contributed by atoms with Gasteiger partial charge in [-0.05, 0) is 19.9 Å². The summed E-state index contributed by atoms with van der Waals surface area (Å²) in [7, 11) is 4.15. The van der Waals surface area contributed by atoms with Crippen molar-refractivity contribution >= 4 is 0 Å². The van der Waals surface area contributed by atoms with E-state index in [1.54, 1.807) is 0 Å². The maximum absolute atomic E-state index is 5.89. The van der Waals surface area contributed by atoms with Crippen LogP contribution in [-0.2, 0) is 7.05 Å². The number of likely N-dealkylation sites (N-methyl/N-ethyl adjacent to an activating group) is 1. The van der Waals surface area contributed by atoms with Gasteiger partial charge >= 0.3 is 0 Å². The average molecular weight is 224 g/mol. The Balaban J connectivity index is 2.87. The van der Waals surface area contributed by atoms with Crippen LogP contribution < -0.4 is 5.73 Å². The number of hydrogen-bond acceptors (Lipinski definition) is 3. The van der Waals surface area contributed by atoms with Crippen molar-refractivity contribution in [3.63, 3.8) is 0 Å². The molecule has 0 saturated carbocycles. The minimum atomic E-state index is 0.241. The third-order valence-electron chi connectivity index (χ3n) is 3.52. The SMILES string of the molecule is CC(C)C(C)N(C)C(CN)c1cncn1C. The number of hydrogen-bond donors (Lipinski definition) is 1. The molecule has 0 aliphatic rings. The molecule has 0 saturated heterocycles. The van der Waals surface area contributed by atoms with Gasteiger partial charge in [0.2, 0.25) is 0 Å². The van der Waals surface area contributed by atoms with Crippen LogP contribution in [0.15, 0.2) is 12.5 Å². The van der Waals surface area contributed by atoms with E-state index in [1.807, 2.05) is 24.1 Å². The maximum Gasteiger partial charge on any atom is 0.0946 e. The molecule has 0 aliphatic carbocycles. The fraction of sp³-hybridized carbons (Fsp3) is 0.750. The van der Waals surface area contributed by atoms with E-state index in [1.165, 1.54) is 5.69 Å². The zero-order chi connectivity index (χ0) is 12.3. The molecule has 92 valence electrons. The van der Waals surface area contributed by atoms with Gasteiger partial charge in [-0.1, -0.05) is 13.8 Å². The van der Waals surface area contributed by atoms with Crippen molar-refractivity contribution in [2.45, 2.75) is 32.9 Å². The molecule has 1 heterocycles. The molecule has 0 aliphatic heterocycles. The molecule has 4 nitrogen and oxygen atoms in total. The van der Waals surface area contributed by atoms with Crippen molar-refractivity contribution in [3.05, 3.63) is 18.2 Å². The number of nitrogens with two attached hydrogens (primary N) is 1. The highest BCUT2D eigenvalue weighted by atomic mass is 15.2. The van der Waals surface area contributed by atoms with E-state index < -0.39 is 0 Å². The molecule has 1 rings (SSSR count). The topological polar surface area (TPSA) is 47.1 Å². The molecular weight excluding hydrogens is 200 g/mol. The molecule has 0 amide bonds. The smallest absolute Gasteiger partial charge is 0.0946 e. The lowest BCUT2D eigenvalue weighted by Crippen LogP contribution is -2.40. The minimum Gasteiger partial charge on any atom is -0.336 e. The summed E-state index contributed by atoms with van der Waals surface area (Å²) < 4.78 is 2.04. The van der Waals surface area contributed by atoms with Crippen LogP contribution in [0.5, 0.6) is 0 Å². The Hall–Kier alpha value is -0.870. The van der Waals surface area contributed by atoms with Gasteiger partial charge < -0.3 is 10.3 Å². The van der Waals surface area contributed by atoms with Gasteiger partial charge in [0, 0.05) is 25.8 Å². The lowest BCUT2D eigenvalue weighted by atomic mass is 10.0. The summed E-state index contributed by atoms with van der Waals surface area (Å²) in [6.07, 6.45) is 3.73. The number of nitrogens with zero attached hydrogens (tertiary/aromatic N) is 3. The number of aromatic nitrogens is 2. The van der Waals surface area contributed by atoms with Crippen molar-refractivity contribution in [3.8, 4) is 0 Å². The van der Waals surface area contributed by atoms with Crippen molar-refractivity contribution < 1.29 is 0 Å². The van der Waals surface area contributed by atoms with Crippen LogP contribution in [0.4, 0.5) is 0 Å². The van der Waals surface area contributed by atoms with Gasteiger partial charge in [-0.25, -0.2) is 4.98 Å². The van der Waals surface area contributed by atoms with Crippen LogP contribution in [0.3, 0.4) is 0 Å². The van der Waals surface area contributed by atoms with E-state index in [-0.39, 0.29) is 6.04 Å². The number of rotatable bonds is 5. The summed E-state index contributed by atoms with van der Waals surface area (Å²) in [5.74, 6) is 0.618. The Labute approximate surface area is 98.5 Å². The fourth-order valence-corrected chi connectivity index (χ4v) is 1.94. The number of aryl methyl sites for hydroxylation is 1. The van der Waals surface area contributed by atoms with Gasteiger partial charge in [-0.3, -0.25) is 4.90 Å². The summed E-state index contributed by atoms with van der Waals surface area (Å²) in [6, 6.07) is 0.744. The molecule has 0 bridgehead atoms. The Morgan fingerprint density at radius 2 is 2.06 bits per heavy atom. The Morgan fingerprint density at radius 3 is 2.44 bits per heavy atom. The average Bonchev–Trinajstić information content (AvgIpc) is 2.65. The van der Waals surface area contributed by atoms with Crippen molar-refractivity contribution in [2.75, 3.05) is 13.6 Å². The van der Waals surface area contributed by atoms with Gasteiger partial charge in [0.15, 0.2) is 0 Å². The van der Waals surface area contributed by atoms with E-state index in [2.05, 4.69) is 37.7 Å². The Bertz CT molecular complexity index is 319. The third kappa shape index (κ3) is 2.62.